The highest BCUT2D eigenvalue weighted by Gasteiger charge is 2.41. The molecule has 0 aliphatic carbocycles. The number of carbonyl (C=O) groups excluding carboxylic acids is 1. The molecule has 1 amide bonds. The average Bonchev–Trinajstić information content (AvgIpc) is 2.91. The predicted molar refractivity (Wildman–Crippen MR) is 87.0 cm³/mol. The van der Waals surface area contributed by atoms with Crippen molar-refractivity contribution in [3.8, 4) is 0 Å². The van der Waals surface area contributed by atoms with Crippen molar-refractivity contribution in [3.63, 3.8) is 0 Å². The van der Waals surface area contributed by atoms with Gasteiger partial charge in [0.05, 0.1) is 10.9 Å². The van der Waals surface area contributed by atoms with E-state index in [1.807, 2.05) is 31.4 Å². The Morgan fingerprint density at radius 2 is 2.14 bits per heavy atom. The minimum atomic E-state index is -0.920. The first-order valence-electron chi connectivity index (χ1n) is 6.90. The average molecular weight is 325 g/mol. The topological polar surface area (TPSA) is 57.6 Å². The van der Waals surface area contributed by atoms with Gasteiger partial charge in [-0.25, -0.2) is 4.79 Å². The lowest BCUT2D eigenvalue weighted by molar-refractivity contribution is -0.141. The minimum absolute atomic E-state index is 0.0430. The molecule has 0 bridgehead atoms. The summed E-state index contributed by atoms with van der Waals surface area (Å²) in [4.78, 5) is 26.8. The van der Waals surface area contributed by atoms with Crippen LogP contribution >= 0.6 is 23.5 Å². The van der Waals surface area contributed by atoms with Crippen LogP contribution < -0.4 is 0 Å². The first-order valence-corrected chi connectivity index (χ1v) is 9.17. The monoisotopic (exact) mass is 325 g/mol. The van der Waals surface area contributed by atoms with Crippen molar-refractivity contribution >= 4 is 35.4 Å². The molecule has 1 fully saturated rings. The van der Waals surface area contributed by atoms with Gasteiger partial charge in [-0.3, -0.25) is 4.79 Å². The molecule has 0 radical (unpaired) electrons. The summed E-state index contributed by atoms with van der Waals surface area (Å²) in [5.74, 6) is -0.625. The lowest BCUT2D eigenvalue weighted by atomic mass is 10.1. The molecule has 0 aromatic heterocycles. The molecule has 2 rings (SSSR count). The first kappa shape index (κ1) is 16.2. The van der Waals surface area contributed by atoms with Gasteiger partial charge >= 0.3 is 5.97 Å². The molecule has 1 N–H and O–H groups in total. The van der Waals surface area contributed by atoms with Crippen molar-refractivity contribution in [2.45, 2.75) is 36.1 Å². The molecule has 21 heavy (non-hydrogen) atoms. The van der Waals surface area contributed by atoms with Crippen molar-refractivity contribution in [2.24, 2.45) is 0 Å². The largest absolute Gasteiger partial charge is 0.480 e. The van der Waals surface area contributed by atoms with E-state index < -0.39 is 12.0 Å². The third kappa shape index (κ3) is 3.37. The molecular weight excluding hydrogens is 306 g/mol. The summed E-state index contributed by atoms with van der Waals surface area (Å²) >= 11 is 3.07. The Labute approximate surface area is 133 Å². The minimum Gasteiger partial charge on any atom is -0.480 e. The lowest BCUT2D eigenvalue weighted by Crippen LogP contribution is -2.45. The number of hydrogen-bond acceptors (Lipinski definition) is 4. The Bertz CT molecular complexity index is 535. The second-order valence-electron chi connectivity index (χ2n) is 4.84. The van der Waals surface area contributed by atoms with Crippen LogP contribution in [0, 0.1) is 0 Å². The number of amides is 1. The maximum atomic E-state index is 12.9. The molecule has 1 aromatic carbocycles. The van der Waals surface area contributed by atoms with Crippen molar-refractivity contribution in [1.29, 1.82) is 0 Å². The van der Waals surface area contributed by atoms with E-state index in [0.717, 1.165) is 17.7 Å². The van der Waals surface area contributed by atoms with Crippen LogP contribution in [0.4, 0.5) is 0 Å². The van der Waals surface area contributed by atoms with Gasteiger partial charge in [0.15, 0.2) is 0 Å². The zero-order valence-electron chi connectivity index (χ0n) is 12.1. The quantitative estimate of drug-likeness (QED) is 0.843. The molecule has 2 atom stereocenters. The van der Waals surface area contributed by atoms with E-state index in [-0.39, 0.29) is 11.3 Å². The van der Waals surface area contributed by atoms with Gasteiger partial charge in [0, 0.05) is 10.6 Å². The Balaban J connectivity index is 2.34. The van der Waals surface area contributed by atoms with Gasteiger partial charge in [-0.05, 0) is 24.8 Å². The number of carbonyl (C=O) groups is 2. The number of carboxylic acids is 1. The Kier molecular flexibility index (Phi) is 5.58. The number of benzene rings is 1. The summed E-state index contributed by atoms with van der Waals surface area (Å²) in [5, 5.41) is 9.34. The first-order chi connectivity index (χ1) is 10.1. The van der Waals surface area contributed by atoms with E-state index >= 15 is 0 Å². The SMILES string of the molecule is CCCC1SCC(C(=O)O)N1C(=O)c1ccccc1SC. The van der Waals surface area contributed by atoms with Crippen LogP contribution in [0.1, 0.15) is 30.1 Å². The van der Waals surface area contributed by atoms with Crippen molar-refractivity contribution in [2.75, 3.05) is 12.0 Å². The molecule has 2 unspecified atom stereocenters. The molecule has 1 aliphatic heterocycles. The molecule has 1 heterocycles. The smallest absolute Gasteiger partial charge is 0.327 e. The molecule has 0 spiro atoms. The highest BCUT2D eigenvalue weighted by atomic mass is 32.2. The number of rotatable bonds is 5. The fourth-order valence-corrected chi connectivity index (χ4v) is 4.56. The number of aliphatic carboxylic acids is 1. The second-order valence-corrected chi connectivity index (χ2v) is 6.90. The Morgan fingerprint density at radius 1 is 1.43 bits per heavy atom. The normalized spacial score (nSPS) is 21.5. The number of hydrogen-bond donors (Lipinski definition) is 1. The van der Waals surface area contributed by atoms with Crippen molar-refractivity contribution < 1.29 is 14.7 Å². The zero-order chi connectivity index (χ0) is 15.4. The van der Waals surface area contributed by atoms with Crippen LogP contribution in [0.25, 0.3) is 0 Å². The maximum absolute atomic E-state index is 12.9. The summed E-state index contributed by atoms with van der Waals surface area (Å²) in [7, 11) is 0. The molecule has 1 aliphatic rings. The Morgan fingerprint density at radius 3 is 2.76 bits per heavy atom. The summed E-state index contributed by atoms with van der Waals surface area (Å²) in [5.41, 5.74) is 0.597. The van der Waals surface area contributed by atoms with Gasteiger partial charge < -0.3 is 10.0 Å². The van der Waals surface area contributed by atoms with Gasteiger partial charge in [0.25, 0.3) is 5.91 Å². The molecule has 0 saturated carbocycles. The van der Waals surface area contributed by atoms with E-state index in [9.17, 15) is 14.7 Å². The maximum Gasteiger partial charge on any atom is 0.327 e. The van der Waals surface area contributed by atoms with Gasteiger partial charge in [-0.1, -0.05) is 25.5 Å². The predicted octanol–water partition coefficient (Wildman–Crippen LogP) is 3.18. The number of thioether (sulfide) groups is 2. The fourth-order valence-electron chi connectivity index (χ4n) is 2.46. The third-order valence-electron chi connectivity index (χ3n) is 3.49. The van der Waals surface area contributed by atoms with E-state index in [4.69, 9.17) is 0 Å². The van der Waals surface area contributed by atoms with Gasteiger partial charge in [0.2, 0.25) is 0 Å². The highest BCUT2D eigenvalue weighted by molar-refractivity contribution is 8.00. The van der Waals surface area contributed by atoms with Gasteiger partial charge in [-0.2, -0.15) is 0 Å². The summed E-state index contributed by atoms with van der Waals surface area (Å²) in [6.07, 6.45) is 3.67. The Hall–Kier alpha value is -1.14. The van der Waals surface area contributed by atoms with Crippen LogP contribution in [-0.4, -0.2) is 45.3 Å². The van der Waals surface area contributed by atoms with Crippen LogP contribution in [0.3, 0.4) is 0 Å². The van der Waals surface area contributed by atoms with Crippen molar-refractivity contribution in [1.82, 2.24) is 4.90 Å². The zero-order valence-corrected chi connectivity index (χ0v) is 13.7. The molecule has 6 heteroatoms. The van der Waals surface area contributed by atoms with E-state index in [2.05, 4.69) is 0 Å². The van der Waals surface area contributed by atoms with Crippen LogP contribution in [0.2, 0.25) is 0 Å². The molecule has 114 valence electrons. The fraction of sp³-hybridized carbons (Fsp3) is 0.467. The van der Waals surface area contributed by atoms with E-state index in [0.29, 0.717) is 11.3 Å². The summed E-state index contributed by atoms with van der Waals surface area (Å²) < 4.78 is 0. The second kappa shape index (κ2) is 7.22. The van der Waals surface area contributed by atoms with Gasteiger partial charge in [0.1, 0.15) is 6.04 Å². The molecule has 4 nitrogen and oxygen atoms in total. The van der Waals surface area contributed by atoms with E-state index in [1.54, 1.807) is 22.7 Å². The summed E-state index contributed by atoms with van der Waals surface area (Å²) in [6.45, 7) is 2.05. The van der Waals surface area contributed by atoms with E-state index in [1.165, 1.54) is 11.8 Å². The standard InChI is InChI=1S/C15H19NO3S2/c1-3-6-13-16(11(9-21-13)15(18)19)14(17)10-7-4-5-8-12(10)20-2/h4-5,7-8,11,13H,3,6,9H2,1-2H3,(H,18,19). The molecule has 1 saturated heterocycles. The molecular formula is C15H19NO3S2. The number of carboxylic acid groups (broad SMARTS) is 1. The van der Waals surface area contributed by atoms with Crippen molar-refractivity contribution in [3.05, 3.63) is 29.8 Å². The van der Waals surface area contributed by atoms with Crippen LogP contribution in [0.5, 0.6) is 0 Å². The lowest BCUT2D eigenvalue weighted by Gasteiger charge is -2.27. The third-order valence-corrected chi connectivity index (χ3v) is 5.64. The summed E-state index contributed by atoms with van der Waals surface area (Å²) in [6, 6.07) is 6.65. The van der Waals surface area contributed by atoms with Crippen LogP contribution in [0.15, 0.2) is 29.2 Å². The molecule has 1 aromatic rings. The number of nitrogens with zero attached hydrogens (tertiary/aromatic N) is 1. The highest BCUT2D eigenvalue weighted by Crippen LogP contribution is 2.34. The van der Waals surface area contributed by atoms with Gasteiger partial charge in [-0.15, -0.1) is 23.5 Å². The van der Waals surface area contributed by atoms with Crippen LogP contribution in [-0.2, 0) is 4.79 Å².